The number of nitrogens with zero attached hydrogens (tertiary/aromatic N) is 4. The van der Waals surface area contributed by atoms with Crippen LogP contribution in [-0.2, 0) is 0 Å². The van der Waals surface area contributed by atoms with Crippen molar-refractivity contribution in [1.29, 1.82) is 0 Å². The Morgan fingerprint density at radius 1 is 0.319 bits per heavy atom. The van der Waals surface area contributed by atoms with Crippen LogP contribution in [0.1, 0.15) is 0 Å². The lowest BCUT2D eigenvalue weighted by Gasteiger charge is -2.13. The molecule has 0 N–H and O–H groups in total. The van der Waals surface area contributed by atoms with Crippen LogP contribution in [0.3, 0.4) is 0 Å². The van der Waals surface area contributed by atoms with Gasteiger partial charge in [0, 0.05) is 33.2 Å². The van der Waals surface area contributed by atoms with Crippen LogP contribution in [0.25, 0.3) is 94.7 Å². The molecule has 0 radical (unpaired) electrons. The fraction of sp³-hybridized carbons (Fsp3) is 0. The molecule has 47 heavy (non-hydrogen) atoms. The third-order valence-corrected chi connectivity index (χ3v) is 9.38. The summed E-state index contributed by atoms with van der Waals surface area (Å²) in [5, 5.41) is 5.18. The van der Waals surface area contributed by atoms with Crippen LogP contribution in [0.5, 0.6) is 0 Å². The molecule has 0 bridgehead atoms. The largest absolute Gasteiger partial charge is 0.309 e. The Bertz CT molecular complexity index is 2500. The highest BCUT2D eigenvalue weighted by Crippen LogP contribution is 2.49. The third-order valence-electron chi connectivity index (χ3n) is 9.38. The van der Waals surface area contributed by atoms with Gasteiger partial charge in [-0.3, -0.25) is 0 Å². The molecular formula is C43H26N4. The van der Waals surface area contributed by atoms with Gasteiger partial charge in [-0.25, -0.2) is 15.0 Å². The molecule has 7 aromatic carbocycles. The van der Waals surface area contributed by atoms with Gasteiger partial charge in [0.1, 0.15) is 0 Å². The molecule has 0 amide bonds. The van der Waals surface area contributed by atoms with Crippen molar-refractivity contribution in [3.05, 3.63) is 158 Å². The zero-order valence-electron chi connectivity index (χ0n) is 25.3. The van der Waals surface area contributed by atoms with Crippen molar-refractivity contribution in [3.8, 4) is 62.1 Å². The number of fused-ring (bicyclic) bond motifs is 2. The average Bonchev–Trinajstić information content (AvgIpc) is 3.43. The molecule has 4 heteroatoms. The van der Waals surface area contributed by atoms with E-state index in [0.29, 0.717) is 17.5 Å². The Kier molecular flexibility index (Phi) is 5.54. The highest BCUT2D eigenvalue weighted by molar-refractivity contribution is 6.27. The van der Waals surface area contributed by atoms with E-state index in [-0.39, 0.29) is 0 Å². The standard InChI is InChI=1S/C43H26N4/c1-3-11-28(12-4-1)41-44-42(29-13-5-2-6-14-29)46-43(45-41)30-23-25-31(26-24-30)47-36-21-9-19-34-32-17-7-15-27-16-8-18-33(38(27)32)35-20-10-22-37(47)40(35)39(34)36/h1-26H. The lowest BCUT2D eigenvalue weighted by Crippen LogP contribution is -2.00. The van der Waals surface area contributed by atoms with E-state index in [0.717, 1.165) is 22.4 Å². The third kappa shape index (κ3) is 3.92. The van der Waals surface area contributed by atoms with Crippen molar-refractivity contribution in [1.82, 2.24) is 19.5 Å². The molecule has 0 saturated heterocycles. The molecule has 0 atom stereocenters. The van der Waals surface area contributed by atoms with Crippen molar-refractivity contribution in [2.45, 2.75) is 0 Å². The second kappa shape index (κ2) is 10.1. The van der Waals surface area contributed by atoms with Crippen LogP contribution in [-0.4, -0.2) is 19.5 Å². The molecule has 1 aliphatic carbocycles. The number of hydrogen-bond acceptors (Lipinski definition) is 3. The highest BCUT2D eigenvalue weighted by Gasteiger charge is 2.24. The minimum atomic E-state index is 0.648. The van der Waals surface area contributed by atoms with Crippen LogP contribution in [0.2, 0.25) is 0 Å². The molecule has 4 nitrogen and oxygen atoms in total. The molecule has 0 spiro atoms. The maximum atomic E-state index is 4.94. The number of hydrogen-bond donors (Lipinski definition) is 0. The molecule has 0 aliphatic heterocycles. The minimum absolute atomic E-state index is 0.648. The van der Waals surface area contributed by atoms with E-state index < -0.39 is 0 Å². The molecule has 218 valence electrons. The molecule has 0 unspecified atom stereocenters. The van der Waals surface area contributed by atoms with Gasteiger partial charge < -0.3 is 4.57 Å². The molecule has 0 saturated carbocycles. The van der Waals surface area contributed by atoms with Crippen LogP contribution >= 0.6 is 0 Å². The second-order valence-electron chi connectivity index (χ2n) is 12.0. The quantitative estimate of drug-likeness (QED) is 0.202. The first-order valence-corrected chi connectivity index (χ1v) is 15.9. The van der Waals surface area contributed by atoms with Gasteiger partial charge in [0.05, 0.1) is 11.0 Å². The summed E-state index contributed by atoms with van der Waals surface area (Å²) in [6.45, 7) is 0. The van der Waals surface area contributed by atoms with Crippen molar-refractivity contribution >= 4 is 32.6 Å². The first-order valence-electron chi connectivity index (χ1n) is 15.9. The lowest BCUT2D eigenvalue weighted by molar-refractivity contribution is 1.07. The summed E-state index contributed by atoms with van der Waals surface area (Å²) in [5.74, 6) is 1.96. The first-order chi connectivity index (χ1) is 23.3. The van der Waals surface area contributed by atoms with Crippen molar-refractivity contribution in [2.24, 2.45) is 0 Å². The van der Waals surface area contributed by atoms with Gasteiger partial charge in [0.25, 0.3) is 0 Å². The van der Waals surface area contributed by atoms with Gasteiger partial charge >= 0.3 is 0 Å². The molecule has 10 rings (SSSR count). The Balaban J connectivity index is 1.16. The summed E-state index contributed by atoms with van der Waals surface area (Å²) in [6.07, 6.45) is 0. The van der Waals surface area contributed by atoms with E-state index in [1.165, 1.54) is 54.8 Å². The second-order valence-corrected chi connectivity index (χ2v) is 12.0. The fourth-order valence-corrected chi connectivity index (χ4v) is 7.32. The minimum Gasteiger partial charge on any atom is -0.309 e. The predicted molar refractivity (Wildman–Crippen MR) is 192 cm³/mol. The fourth-order valence-electron chi connectivity index (χ4n) is 7.32. The van der Waals surface area contributed by atoms with Crippen molar-refractivity contribution < 1.29 is 0 Å². The monoisotopic (exact) mass is 598 g/mol. The normalized spacial score (nSPS) is 11.8. The van der Waals surface area contributed by atoms with E-state index in [4.69, 9.17) is 15.0 Å². The number of aromatic nitrogens is 4. The summed E-state index contributed by atoms with van der Waals surface area (Å²) >= 11 is 0. The zero-order chi connectivity index (χ0) is 30.9. The van der Waals surface area contributed by atoms with E-state index in [2.05, 4.69) is 102 Å². The van der Waals surface area contributed by atoms with E-state index in [1.54, 1.807) is 0 Å². The van der Waals surface area contributed by atoms with Gasteiger partial charge in [-0.1, -0.05) is 121 Å². The highest BCUT2D eigenvalue weighted by atomic mass is 15.0. The van der Waals surface area contributed by atoms with E-state index in [1.807, 2.05) is 60.7 Å². The maximum absolute atomic E-state index is 4.94. The molecule has 0 fully saturated rings. The van der Waals surface area contributed by atoms with Crippen LogP contribution in [0, 0.1) is 0 Å². The zero-order valence-corrected chi connectivity index (χ0v) is 25.3. The average molecular weight is 599 g/mol. The van der Waals surface area contributed by atoms with Gasteiger partial charge in [-0.15, -0.1) is 0 Å². The molecule has 2 aromatic heterocycles. The SMILES string of the molecule is c1ccc(-c2nc(-c3ccccc3)nc(-c3ccc(-n4c5cccc6c5c5c(cccc54)-c4cccc5cccc-6c45)cc3)n2)cc1. The Morgan fingerprint density at radius 3 is 1.19 bits per heavy atom. The number of rotatable bonds is 4. The Morgan fingerprint density at radius 2 is 0.723 bits per heavy atom. The van der Waals surface area contributed by atoms with Crippen molar-refractivity contribution in [3.63, 3.8) is 0 Å². The summed E-state index contributed by atoms with van der Waals surface area (Å²) in [6, 6.07) is 55.6. The van der Waals surface area contributed by atoms with Gasteiger partial charge in [0.15, 0.2) is 17.5 Å². The maximum Gasteiger partial charge on any atom is 0.164 e. The van der Waals surface area contributed by atoms with E-state index >= 15 is 0 Å². The molecule has 2 heterocycles. The smallest absolute Gasteiger partial charge is 0.164 e. The van der Waals surface area contributed by atoms with Crippen LogP contribution in [0.4, 0.5) is 0 Å². The molecule has 1 aliphatic rings. The Labute approximate surface area is 271 Å². The van der Waals surface area contributed by atoms with Gasteiger partial charge in [-0.2, -0.15) is 0 Å². The first kappa shape index (κ1) is 25.9. The molecular weight excluding hydrogens is 573 g/mol. The van der Waals surface area contributed by atoms with Gasteiger partial charge in [0.2, 0.25) is 0 Å². The topological polar surface area (TPSA) is 43.6 Å². The summed E-state index contributed by atoms with van der Waals surface area (Å²) < 4.78 is 2.40. The predicted octanol–water partition coefficient (Wildman–Crippen LogP) is 10.8. The summed E-state index contributed by atoms with van der Waals surface area (Å²) in [7, 11) is 0. The molecule has 9 aromatic rings. The van der Waals surface area contributed by atoms with E-state index in [9.17, 15) is 0 Å². The van der Waals surface area contributed by atoms with Gasteiger partial charge in [-0.05, 0) is 69.4 Å². The summed E-state index contributed by atoms with van der Waals surface area (Å²) in [4.78, 5) is 14.7. The Hall–Kier alpha value is -6.39. The lowest BCUT2D eigenvalue weighted by atomic mass is 9.93. The van der Waals surface area contributed by atoms with Crippen molar-refractivity contribution in [2.75, 3.05) is 0 Å². The van der Waals surface area contributed by atoms with Crippen LogP contribution in [0.15, 0.2) is 158 Å². The summed E-state index contributed by atoms with van der Waals surface area (Å²) in [5.41, 5.74) is 11.5. The van der Waals surface area contributed by atoms with Crippen LogP contribution < -0.4 is 0 Å². The number of benzene rings is 7.